The molecule has 0 amide bonds. The normalized spacial score (nSPS) is 16.1. The van der Waals surface area contributed by atoms with Crippen LogP contribution < -0.4 is 4.74 Å². The zero-order valence-corrected chi connectivity index (χ0v) is 18.7. The van der Waals surface area contributed by atoms with Crippen molar-refractivity contribution in [1.29, 1.82) is 0 Å². The van der Waals surface area contributed by atoms with Crippen LogP contribution in [-0.4, -0.2) is 86.6 Å². The van der Waals surface area contributed by atoms with Crippen LogP contribution in [0.2, 0.25) is 0 Å². The van der Waals surface area contributed by atoms with Gasteiger partial charge in [-0.1, -0.05) is 25.1 Å². The molecule has 8 nitrogen and oxygen atoms in total. The average molecular weight is 437 g/mol. The van der Waals surface area contributed by atoms with E-state index < -0.39 is 9.84 Å². The van der Waals surface area contributed by atoms with Crippen molar-refractivity contribution >= 4 is 9.84 Å². The molecule has 0 aliphatic carbocycles. The molecule has 3 rings (SSSR count). The second-order valence-electron chi connectivity index (χ2n) is 7.36. The zero-order chi connectivity index (χ0) is 21.4. The molecule has 0 N–H and O–H groups in total. The van der Waals surface area contributed by atoms with Gasteiger partial charge in [-0.05, 0) is 12.1 Å². The van der Waals surface area contributed by atoms with Crippen molar-refractivity contribution in [3.05, 3.63) is 42.2 Å². The van der Waals surface area contributed by atoms with E-state index in [1.807, 2.05) is 30.3 Å². The van der Waals surface area contributed by atoms with Gasteiger partial charge in [0.2, 0.25) is 15.0 Å². The summed E-state index contributed by atoms with van der Waals surface area (Å²) in [6, 6.07) is 9.87. The van der Waals surface area contributed by atoms with E-state index in [1.165, 1.54) is 0 Å². The number of benzene rings is 1. The summed E-state index contributed by atoms with van der Waals surface area (Å²) in [5.74, 6) is 0.943. The molecular weight excluding hydrogens is 404 g/mol. The molecule has 1 aliphatic heterocycles. The first-order valence-electron chi connectivity index (χ1n) is 10.4. The lowest BCUT2D eigenvalue weighted by Crippen LogP contribution is -2.47. The number of para-hydroxylation sites is 1. The van der Waals surface area contributed by atoms with Crippen molar-refractivity contribution in [3.63, 3.8) is 0 Å². The van der Waals surface area contributed by atoms with Gasteiger partial charge < -0.3 is 14.0 Å². The summed E-state index contributed by atoms with van der Waals surface area (Å²) in [5.41, 5.74) is 0.917. The minimum Gasteiger partial charge on any atom is -0.492 e. The van der Waals surface area contributed by atoms with Crippen molar-refractivity contribution in [1.82, 2.24) is 19.4 Å². The fraction of sp³-hybridized carbons (Fsp3) is 0.571. The molecule has 2 aromatic rings. The summed E-state index contributed by atoms with van der Waals surface area (Å²) in [6.07, 6.45) is 1.69. The summed E-state index contributed by atoms with van der Waals surface area (Å²) in [6.45, 7) is 8.61. The Balaban J connectivity index is 1.51. The number of rotatable bonds is 11. The van der Waals surface area contributed by atoms with Crippen molar-refractivity contribution in [3.8, 4) is 5.75 Å². The summed E-state index contributed by atoms with van der Waals surface area (Å²) >= 11 is 0. The molecule has 30 heavy (non-hydrogen) atoms. The van der Waals surface area contributed by atoms with Crippen molar-refractivity contribution < 1.29 is 17.9 Å². The summed E-state index contributed by atoms with van der Waals surface area (Å²) in [4.78, 5) is 8.97. The summed E-state index contributed by atoms with van der Waals surface area (Å²) in [7, 11) is -1.75. The Morgan fingerprint density at radius 3 is 2.37 bits per heavy atom. The number of hydrogen-bond donors (Lipinski definition) is 0. The predicted octanol–water partition coefficient (Wildman–Crippen LogP) is 1.52. The van der Waals surface area contributed by atoms with Gasteiger partial charge in [-0.25, -0.2) is 13.4 Å². The van der Waals surface area contributed by atoms with Crippen LogP contribution in [0.25, 0.3) is 0 Å². The number of nitrogens with zero attached hydrogens (tertiary/aromatic N) is 4. The largest absolute Gasteiger partial charge is 0.492 e. The van der Waals surface area contributed by atoms with Crippen LogP contribution in [0.5, 0.6) is 5.75 Å². The molecule has 1 aliphatic rings. The van der Waals surface area contributed by atoms with E-state index in [9.17, 15) is 8.42 Å². The Morgan fingerprint density at radius 1 is 1.00 bits per heavy atom. The first kappa shape index (κ1) is 22.7. The van der Waals surface area contributed by atoms with Gasteiger partial charge in [0.05, 0.1) is 24.3 Å². The molecule has 1 aromatic carbocycles. The number of methoxy groups -OCH3 is 1. The monoisotopic (exact) mass is 436 g/mol. The molecule has 0 saturated carbocycles. The maximum absolute atomic E-state index is 12.4. The van der Waals surface area contributed by atoms with Crippen molar-refractivity contribution in [2.24, 2.45) is 0 Å². The number of imidazole rings is 1. The van der Waals surface area contributed by atoms with Crippen LogP contribution in [0, 0.1) is 0 Å². The van der Waals surface area contributed by atoms with Crippen LogP contribution in [0.1, 0.15) is 12.6 Å². The third kappa shape index (κ3) is 6.04. The number of ether oxygens (including phenoxy) is 2. The smallest absolute Gasteiger partial charge is 0.227 e. The molecule has 0 spiro atoms. The number of piperazine rings is 1. The van der Waals surface area contributed by atoms with Crippen molar-refractivity contribution in [2.75, 3.05) is 58.8 Å². The van der Waals surface area contributed by atoms with Gasteiger partial charge in [0.25, 0.3) is 0 Å². The third-order valence-corrected chi connectivity index (χ3v) is 6.99. The highest BCUT2D eigenvalue weighted by Gasteiger charge is 2.24. The average Bonchev–Trinajstić information content (AvgIpc) is 3.17. The standard InChI is InChI=1S/C21H32N4O4S/c1-3-30(26,27)21-22-17-19(25(21)14-15-28-2)18-24-11-9-23(10-12-24)13-16-29-20-7-5-4-6-8-20/h4-8,17H,3,9-16,18H2,1-2H3. The Hall–Kier alpha value is -1.94. The van der Waals surface area contributed by atoms with Gasteiger partial charge in [0, 0.05) is 52.9 Å². The number of sulfone groups is 1. The van der Waals surface area contributed by atoms with E-state index in [4.69, 9.17) is 9.47 Å². The van der Waals surface area contributed by atoms with E-state index in [2.05, 4.69) is 14.8 Å². The molecular formula is C21H32N4O4S. The van der Waals surface area contributed by atoms with E-state index in [0.29, 0.717) is 26.3 Å². The zero-order valence-electron chi connectivity index (χ0n) is 17.9. The first-order valence-corrected chi connectivity index (χ1v) is 12.1. The predicted molar refractivity (Wildman–Crippen MR) is 115 cm³/mol. The highest BCUT2D eigenvalue weighted by atomic mass is 32.2. The molecule has 1 saturated heterocycles. The van der Waals surface area contributed by atoms with E-state index in [0.717, 1.165) is 44.2 Å². The maximum atomic E-state index is 12.4. The van der Waals surface area contributed by atoms with Gasteiger partial charge in [-0.3, -0.25) is 9.80 Å². The molecule has 0 atom stereocenters. The molecule has 1 aromatic heterocycles. The van der Waals surface area contributed by atoms with Gasteiger partial charge in [0.1, 0.15) is 12.4 Å². The van der Waals surface area contributed by atoms with Crippen LogP contribution in [0.4, 0.5) is 0 Å². The van der Waals surface area contributed by atoms with Gasteiger partial charge in [-0.2, -0.15) is 0 Å². The van der Waals surface area contributed by atoms with E-state index in [-0.39, 0.29) is 10.9 Å². The Kier molecular flexibility index (Phi) is 8.26. The van der Waals surface area contributed by atoms with Crippen LogP contribution >= 0.6 is 0 Å². The van der Waals surface area contributed by atoms with Gasteiger partial charge >= 0.3 is 0 Å². The molecule has 0 bridgehead atoms. The Labute approximate surface area is 179 Å². The summed E-state index contributed by atoms with van der Waals surface area (Å²) in [5, 5.41) is 0.147. The Morgan fingerprint density at radius 2 is 1.70 bits per heavy atom. The molecule has 2 heterocycles. The first-order chi connectivity index (χ1) is 14.5. The highest BCUT2D eigenvalue weighted by Crippen LogP contribution is 2.16. The molecule has 1 fully saturated rings. The molecule has 0 radical (unpaired) electrons. The lowest BCUT2D eigenvalue weighted by atomic mass is 10.3. The molecule has 0 unspecified atom stereocenters. The SMILES string of the molecule is CCS(=O)(=O)c1ncc(CN2CCN(CCOc3ccccc3)CC2)n1CCOC. The van der Waals surface area contributed by atoms with E-state index in [1.54, 1.807) is 24.8 Å². The number of hydrogen-bond acceptors (Lipinski definition) is 7. The second-order valence-corrected chi connectivity index (χ2v) is 9.53. The lowest BCUT2D eigenvalue weighted by molar-refractivity contribution is 0.110. The van der Waals surface area contributed by atoms with E-state index >= 15 is 0 Å². The topological polar surface area (TPSA) is 76.9 Å². The lowest BCUT2D eigenvalue weighted by Gasteiger charge is -2.34. The fourth-order valence-electron chi connectivity index (χ4n) is 3.53. The maximum Gasteiger partial charge on any atom is 0.227 e. The fourth-order valence-corrected chi connectivity index (χ4v) is 4.54. The third-order valence-electron chi connectivity index (χ3n) is 5.35. The van der Waals surface area contributed by atoms with Crippen LogP contribution in [0.3, 0.4) is 0 Å². The van der Waals surface area contributed by atoms with Crippen LogP contribution in [-0.2, 0) is 27.7 Å². The molecule has 166 valence electrons. The highest BCUT2D eigenvalue weighted by molar-refractivity contribution is 7.91. The quantitative estimate of drug-likeness (QED) is 0.529. The molecule has 9 heteroatoms. The van der Waals surface area contributed by atoms with Gasteiger partial charge in [0.15, 0.2) is 0 Å². The van der Waals surface area contributed by atoms with Crippen LogP contribution in [0.15, 0.2) is 41.7 Å². The minimum absolute atomic E-state index is 0.0418. The second kappa shape index (κ2) is 10.9. The number of aromatic nitrogens is 2. The van der Waals surface area contributed by atoms with Crippen molar-refractivity contribution in [2.45, 2.75) is 25.2 Å². The summed E-state index contributed by atoms with van der Waals surface area (Å²) < 4.78 is 37.5. The minimum atomic E-state index is -3.37. The van der Waals surface area contributed by atoms with Gasteiger partial charge in [-0.15, -0.1) is 0 Å². The Bertz CT molecular complexity index is 878.